The van der Waals surface area contributed by atoms with E-state index in [1.54, 1.807) is 0 Å². The molecule has 1 aliphatic rings. The van der Waals surface area contributed by atoms with Crippen molar-refractivity contribution in [3.63, 3.8) is 0 Å². The van der Waals surface area contributed by atoms with Crippen molar-refractivity contribution in [1.29, 1.82) is 0 Å². The summed E-state index contributed by atoms with van der Waals surface area (Å²) in [5, 5.41) is 13.4. The molecule has 1 aliphatic carbocycles. The SMILES string of the molecule is CCN(CC)CCNc1cc2c(nn1)-c1cc(Cl)c(Cl)cc1CCC2. The summed E-state index contributed by atoms with van der Waals surface area (Å²) in [6.45, 7) is 8.36. The molecule has 0 spiro atoms. The van der Waals surface area contributed by atoms with Crippen molar-refractivity contribution in [2.24, 2.45) is 0 Å². The summed E-state index contributed by atoms with van der Waals surface area (Å²) in [6, 6.07) is 6.01. The predicted octanol–water partition coefficient (Wildman–Crippen LogP) is 4.69. The van der Waals surface area contributed by atoms with Crippen LogP contribution in [0.4, 0.5) is 5.82 Å². The fraction of sp³-hybridized carbons (Fsp3) is 0.474. The maximum absolute atomic E-state index is 6.23. The molecule has 1 aromatic heterocycles. The Morgan fingerprint density at radius 2 is 1.72 bits per heavy atom. The number of fused-ring (bicyclic) bond motifs is 3. The third-order valence-corrected chi connectivity index (χ3v) is 5.52. The lowest BCUT2D eigenvalue weighted by molar-refractivity contribution is 0.316. The molecular weight excluding hydrogens is 355 g/mol. The first-order valence-corrected chi connectivity index (χ1v) is 9.69. The summed E-state index contributed by atoms with van der Waals surface area (Å²) in [4.78, 5) is 2.38. The van der Waals surface area contributed by atoms with Gasteiger partial charge in [0.15, 0.2) is 0 Å². The molecule has 25 heavy (non-hydrogen) atoms. The zero-order valence-corrected chi connectivity index (χ0v) is 16.3. The Hall–Kier alpha value is -1.36. The number of hydrogen-bond acceptors (Lipinski definition) is 4. The molecule has 3 rings (SSSR count). The van der Waals surface area contributed by atoms with E-state index < -0.39 is 0 Å². The highest BCUT2D eigenvalue weighted by molar-refractivity contribution is 6.42. The van der Waals surface area contributed by atoms with Gasteiger partial charge in [0.25, 0.3) is 0 Å². The second-order valence-corrected chi connectivity index (χ2v) is 7.15. The van der Waals surface area contributed by atoms with Crippen molar-refractivity contribution in [3.8, 4) is 11.3 Å². The molecule has 0 bridgehead atoms. The number of aryl methyl sites for hydroxylation is 2. The molecule has 134 valence electrons. The molecule has 4 nitrogen and oxygen atoms in total. The van der Waals surface area contributed by atoms with E-state index in [9.17, 15) is 0 Å². The van der Waals surface area contributed by atoms with Crippen LogP contribution in [0, 0.1) is 0 Å². The largest absolute Gasteiger partial charge is 0.367 e. The van der Waals surface area contributed by atoms with Crippen molar-refractivity contribution in [2.45, 2.75) is 33.1 Å². The zero-order valence-electron chi connectivity index (χ0n) is 14.8. The quantitative estimate of drug-likeness (QED) is 0.791. The minimum Gasteiger partial charge on any atom is -0.367 e. The first kappa shape index (κ1) is 18.4. The number of nitrogens with zero attached hydrogens (tertiary/aromatic N) is 3. The number of halogens is 2. The predicted molar refractivity (Wildman–Crippen MR) is 106 cm³/mol. The lowest BCUT2D eigenvalue weighted by Gasteiger charge is -2.18. The van der Waals surface area contributed by atoms with Crippen LogP contribution in [0.25, 0.3) is 11.3 Å². The highest BCUT2D eigenvalue weighted by atomic mass is 35.5. The van der Waals surface area contributed by atoms with E-state index in [0.29, 0.717) is 10.0 Å². The molecule has 2 aromatic rings. The normalized spacial score (nSPS) is 13.3. The van der Waals surface area contributed by atoms with Gasteiger partial charge in [0.1, 0.15) is 5.82 Å². The van der Waals surface area contributed by atoms with Crippen molar-refractivity contribution in [2.75, 3.05) is 31.5 Å². The molecular formula is C19H24Cl2N4. The van der Waals surface area contributed by atoms with Crippen LogP contribution in [-0.4, -0.2) is 41.3 Å². The minimum absolute atomic E-state index is 0.566. The molecule has 0 saturated heterocycles. The van der Waals surface area contributed by atoms with Crippen molar-refractivity contribution in [1.82, 2.24) is 15.1 Å². The molecule has 1 N–H and O–H groups in total. The van der Waals surface area contributed by atoms with E-state index in [0.717, 1.165) is 62.5 Å². The maximum atomic E-state index is 6.23. The standard InChI is InChI=1S/C19H24Cl2N4/c1-3-25(4-2)9-8-22-18-11-14-7-5-6-13-10-16(20)17(21)12-15(13)19(14)24-23-18/h10-12H,3-9H2,1-2H3,(H,22,23). The lowest BCUT2D eigenvalue weighted by Crippen LogP contribution is -2.28. The summed E-state index contributed by atoms with van der Waals surface area (Å²) in [5.41, 5.74) is 4.41. The summed E-state index contributed by atoms with van der Waals surface area (Å²) < 4.78 is 0. The monoisotopic (exact) mass is 378 g/mol. The highest BCUT2D eigenvalue weighted by Crippen LogP contribution is 2.36. The molecule has 0 saturated carbocycles. The molecule has 1 heterocycles. The minimum atomic E-state index is 0.566. The van der Waals surface area contributed by atoms with Crippen LogP contribution in [0.1, 0.15) is 31.4 Å². The van der Waals surface area contributed by atoms with Gasteiger partial charge in [-0.15, -0.1) is 10.2 Å². The molecule has 0 amide bonds. The summed E-state index contributed by atoms with van der Waals surface area (Å²) in [6.07, 6.45) is 3.04. The van der Waals surface area contributed by atoms with Gasteiger partial charge in [-0.25, -0.2) is 0 Å². The smallest absolute Gasteiger partial charge is 0.149 e. The van der Waals surface area contributed by atoms with Gasteiger partial charge in [0, 0.05) is 18.7 Å². The van der Waals surface area contributed by atoms with Gasteiger partial charge in [0.2, 0.25) is 0 Å². The van der Waals surface area contributed by atoms with E-state index in [2.05, 4.69) is 40.3 Å². The van der Waals surface area contributed by atoms with Crippen LogP contribution in [0.2, 0.25) is 10.0 Å². The summed E-state index contributed by atoms with van der Waals surface area (Å²) in [5.74, 6) is 0.842. The van der Waals surface area contributed by atoms with Crippen LogP contribution >= 0.6 is 23.2 Å². The van der Waals surface area contributed by atoms with Crippen LogP contribution in [0.5, 0.6) is 0 Å². The van der Waals surface area contributed by atoms with Gasteiger partial charge >= 0.3 is 0 Å². The number of rotatable bonds is 6. The van der Waals surface area contributed by atoms with Gasteiger partial charge < -0.3 is 10.2 Å². The molecule has 1 aromatic carbocycles. The van der Waals surface area contributed by atoms with E-state index in [1.165, 1.54) is 11.1 Å². The van der Waals surface area contributed by atoms with E-state index >= 15 is 0 Å². The second-order valence-electron chi connectivity index (χ2n) is 6.33. The molecule has 0 fully saturated rings. The number of aromatic nitrogens is 2. The number of benzene rings is 1. The first-order valence-electron chi connectivity index (χ1n) is 8.93. The third-order valence-electron chi connectivity index (χ3n) is 4.79. The number of anilines is 1. The van der Waals surface area contributed by atoms with Gasteiger partial charge in [-0.2, -0.15) is 0 Å². The number of likely N-dealkylation sites (N-methyl/N-ethyl adjacent to an activating group) is 1. The molecule has 0 radical (unpaired) electrons. The van der Waals surface area contributed by atoms with Gasteiger partial charge in [-0.1, -0.05) is 37.0 Å². The highest BCUT2D eigenvalue weighted by Gasteiger charge is 2.19. The van der Waals surface area contributed by atoms with Gasteiger partial charge in [-0.3, -0.25) is 0 Å². The van der Waals surface area contributed by atoms with E-state index in [4.69, 9.17) is 23.2 Å². The van der Waals surface area contributed by atoms with Crippen molar-refractivity contribution < 1.29 is 0 Å². The molecule has 0 unspecified atom stereocenters. The first-order chi connectivity index (χ1) is 12.1. The number of nitrogens with one attached hydrogen (secondary N) is 1. The molecule has 0 aliphatic heterocycles. The summed E-state index contributed by atoms with van der Waals surface area (Å²) >= 11 is 12.4. The zero-order chi connectivity index (χ0) is 17.8. The van der Waals surface area contributed by atoms with Crippen LogP contribution in [0.3, 0.4) is 0 Å². The fourth-order valence-electron chi connectivity index (χ4n) is 3.30. The average molecular weight is 379 g/mol. The fourth-order valence-corrected chi connectivity index (χ4v) is 3.65. The molecule has 0 atom stereocenters. The Bertz CT molecular complexity index is 744. The number of hydrogen-bond donors (Lipinski definition) is 1. The van der Waals surface area contributed by atoms with Crippen LogP contribution < -0.4 is 5.32 Å². The Morgan fingerprint density at radius 3 is 2.48 bits per heavy atom. The van der Waals surface area contributed by atoms with E-state index in [-0.39, 0.29) is 0 Å². The molecule has 6 heteroatoms. The van der Waals surface area contributed by atoms with Crippen LogP contribution in [-0.2, 0) is 12.8 Å². The van der Waals surface area contributed by atoms with Gasteiger partial charge in [0.05, 0.1) is 15.7 Å². The Labute approximate surface area is 159 Å². The summed E-state index contributed by atoms with van der Waals surface area (Å²) in [7, 11) is 0. The lowest BCUT2D eigenvalue weighted by atomic mass is 10.0. The maximum Gasteiger partial charge on any atom is 0.149 e. The van der Waals surface area contributed by atoms with Crippen LogP contribution in [0.15, 0.2) is 18.2 Å². The third kappa shape index (κ3) is 4.25. The second kappa shape index (κ2) is 8.35. The average Bonchev–Trinajstić information content (AvgIpc) is 2.78. The Balaban J connectivity index is 1.81. The Kier molecular flexibility index (Phi) is 6.15. The Morgan fingerprint density at radius 1 is 1.00 bits per heavy atom. The van der Waals surface area contributed by atoms with Crippen molar-refractivity contribution in [3.05, 3.63) is 39.4 Å². The topological polar surface area (TPSA) is 41.0 Å². The van der Waals surface area contributed by atoms with Crippen molar-refractivity contribution >= 4 is 29.0 Å². The van der Waals surface area contributed by atoms with E-state index in [1.807, 2.05) is 12.1 Å². The van der Waals surface area contributed by atoms with Gasteiger partial charge in [-0.05, 0) is 61.7 Å².